The molecule has 1 aromatic carbocycles. The molecule has 0 saturated carbocycles. The maximum Gasteiger partial charge on any atom is 0.291 e. The number of furan rings is 1. The molecule has 3 aromatic rings. The third kappa shape index (κ3) is 3.67. The number of hydrogen-bond donors (Lipinski definition) is 2. The monoisotopic (exact) mass is 326 g/mol. The molecule has 2 aromatic heterocycles. The Kier molecular flexibility index (Phi) is 4.25. The molecule has 0 spiro atoms. The second-order valence-electron chi connectivity index (χ2n) is 4.87. The van der Waals surface area contributed by atoms with Gasteiger partial charge < -0.3 is 15.1 Å². The van der Waals surface area contributed by atoms with Crippen molar-refractivity contribution in [2.75, 3.05) is 10.6 Å². The summed E-state index contributed by atoms with van der Waals surface area (Å²) in [6, 6.07) is 13.9. The van der Waals surface area contributed by atoms with Gasteiger partial charge in [-0.15, -0.1) is 11.3 Å². The molecule has 3 rings (SSSR count). The van der Waals surface area contributed by atoms with E-state index in [1.807, 2.05) is 13.0 Å². The first-order valence-corrected chi connectivity index (χ1v) is 7.76. The molecule has 5 nitrogen and oxygen atoms in total. The highest BCUT2D eigenvalue weighted by Gasteiger charge is 2.10. The molecular formula is C17H14N2O3S. The molecule has 0 bridgehead atoms. The fourth-order valence-electron chi connectivity index (χ4n) is 1.99. The molecule has 0 aliphatic rings. The zero-order chi connectivity index (χ0) is 16.2. The Balaban J connectivity index is 1.63. The molecule has 2 heterocycles. The van der Waals surface area contributed by atoms with Crippen LogP contribution >= 0.6 is 11.3 Å². The minimum atomic E-state index is -0.319. The SMILES string of the molecule is Cc1ccc(C(=O)Nc2ccc(NC(=O)c3ccco3)cc2)s1. The van der Waals surface area contributed by atoms with E-state index in [4.69, 9.17) is 4.42 Å². The highest BCUT2D eigenvalue weighted by molar-refractivity contribution is 7.14. The van der Waals surface area contributed by atoms with Crippen molar-refractivity contribution in [3.8, 4) is 0 Å². The van der Waals surface area contributed by atoms with Crippen LogP contribution in [0.1, 0.15) is 25.1 Å². The van der Waals surface area contributed by atoms with Gasteiger partial charge in [0.1, 0.15) is 0 Å². The fourth-order valence-corrected chi connectivity index (χ4v) is 2.75. The van der Waals surface area contributed by atoms with Crippen LogP contribution in [-0.4, -0.2) is 11.8 Å². The van der Waals surface area contributed by atoms with Gasteiger partial charge in [-0.25, -0.2) is 0 Å². The maximum absolute atomic E-state index is 12.1. The number of carbonyl (C=O) groups excluding carboxylic acids is 2. The molecule has 23 heavy (non-hydrogen) atoms. The van der Waals surface area contributed by atoms with Crippen molar-refractivity contribution in [1.29, 1.82) is 0 Å². The van der Waals surface area contributed by atoms with Gasteiger partial charge in [0.05, 0.1) is 11.1 Å². The zero-order valence-corrected chi connectivity index (χ0v) is 13.1. The average Bonchev–Trinajstić information content (AvgIpc) is 3.20. The number of thiophene rings is 1. The van der Waals surface area contributed by atoms with Gasteiger partial charge in [-0.3, -0.25) is 9.59 Å². The van der Waals surface area contributed by atoms with E-state index in [0.717, 1.165) is 4.88 Å². The Morgan fingerprint density at radius 1 is 0.913 bits per heavy atom. The van der Waals surface area contributed by atoms with Crippen molar-refractivity contribution < 1.29 is 14.0 Å². The molecule has 0 aliphatic carbocycles. The van der Waals surface area contributed by atoms with Gasteiger partial charge in [0.2, 0.25) is 0 Å². The first kappa shape index (κ1) is 15.1. The predicted octanol–water partition coefficient (Wildman–Crippen LogP) is 4.15. The van der Waals surface area contributed by atoms with E-state index >= 15 is 0 Å². The van der Waals surface area contributed by atoms with E-state index in [2.05, 4.69) is 10.6 Å². The number of benzene rings is 1. The molecule has 2 N–H and O–H groups in total. The summed E-state index contributed by atoms with van der Waals surface area (Å²) in [4.78, 5) is 25.7. The average molecular weight is 326 g/mol. The maximum atomic E-state index is 12.1. The van der Waals surface area contributed by atoms with E-state index in [1.54, 1.807) is 42.5 Å². The van der Waals surface area contributed by atoms with Crippen LogP contribution in [0, 0.1) is 6.92 Å². The van der Waals surface area contributed by atoms with Crippen LogP contribution in [0.15, 0.2) is 59.2 Å². The van der Waals surface area contributed by atoms with E-state index in [1.165, 1.54) is 17.6 Å². The van der Waals surface area contributed by atoms with Crippen molar-refractivity contribution >= 4 is 34.5 Å². The number of nitrogens with one attached hydrogen (secondary N) is 2. The second kappa shape index (κ2) is 6.50. The Hall–Kier alpha value is -2.86. The summed E-state index contributed by atoms with van der Waals surface area (Å²) in [6.45, 7) is 1.96. The highest BCUT2D eigenvalue weighted by Crippen LogP contribution is 2.19. The van der Waals surface area contributed by atoms with Crippen molar-refractivity contribution in [3.05, 3.63) is 70.3 Å². The van der Waals surface area contributed by atoms with E-state index in [-0.39, 0.29) is 17.6 Å². The molecule has 0 aliphatic heterocycles. The summed E-state index contributed by atoms with van der Waals surface area (Å²) in [7, 11) is 0. The highest BCUT2D eigenvalue weighted by atomic mass is 32.1. The van der Waals surface area contributed by atoms with Gasteiger partial charge >= 0.3 is 0 Å². The Morgan fingerprint density at radius 3 is 2.09 bits per heavy atom. The van der Waals surface area contributed by atoms with E-state index in [0.29, 0.717) is 16.3 Å². The van der Waals surface area contributed by atoms with E-state index in [9.17, 15) is 9.59 Å². The normalized spacial score (nSPS) is 10.3. The third-order valence-corrected chi connectivity index (χ3v) is 4.11. The number of aryl methyl sites for hydroxylation is 1. The number of anilines is 2. The Labute approximate surface area is 136 Å². The fraction of sp³-hybridized carbons (Fsp3) is 0.0588. The lowest BCUT2D eigenvalue weighted by Crippen LogP contribution is -2.12. The minimum absolute atomic E-state index is 0.143. The first-order chi connectivity index (χ1) is 11.1. The smallest absolute Gasteiger partial charge is 0.291 e. The number of rotatable bonds is 4. The lowest BCUT2D eigenvalue weighted by atomic mass is 10.2. The first-order valence-electron chi connectivity index (χ1n) is 6.94. The van der Waals surface area contributed by atoms with Crippen LogP contribution in [0.4, 0.5) is 11.4 Å². The second-order valence-corrected chi connectivity index (χ2v) is 6.16. The van der Waals surface area contributed by atoms with Crippen LogP contribution in [-0.2, 0) is 0 Å². The molecule has 0 atom stereocenters. The van der Waals surface area contributed by atoms with Crippen LogP contribution in [0.25, 0.3) is 0 Å². The summed E-state index contributed by atoms with van der Waals surface area (Å²) in [6.07, 6.45) is 1.44. The largest absolute Gasteiger partial charge is 0.459 e. The summed E-state index contributed by atoms with van der Waals surface area (Å²) < 4.78 is 5.03. The number of hydrogen-bond acceptors (Lipinski definition) is 4. The molecule has 6 heteroatoms. The summed E-state index contributed by atoms with van der Waals surface area (Å²) >= 11 is 1.45. The Morgan fingerprint density at radius 2 is 1.57 bits per heavy atom. The zero-order valence-electron chi connectivity index (χ0n) is 12.3. The summed E-state index contributed by atoms with van der Waals surface area (Å²) in [5.74, 6) is -0.216. The van der Waals surface area contributed by atoms with Crippen LogP contribution in [0.2, 0.25) is 0 Å². The minimum Gasteiger partial charge on any atom is -0.459 e. The lowest BCUT2D eigenvalue weighted by molar-refractivity contribution is 0.0994. The van der Waals surface area contributed by atoms with Crippen molar-refractivity contribution in [2.45, 2.75) is 6.92 Å². The standard InChI is InChI=1S/C17H14N2O3S/c1-11-4-9-15(23-11)17(21)19-13-7-5-12(6-8-13)18-16(20)14-3-2-10-22-14/h2-10H,1H3,(H,18,20)(H,19,21). The summed E-state index contributed by atoms with van der Waals surface area (Å²) in [5.41, 5.74) is 1.29. The van der Waals surface area contributed by atoms with Crippen LogP contribution in [0.5, 0.6) is 0 Å². The lowest BCUT2D eigenvalue weighted by Gasteiger charge is -2.06. The Bertz CT molecular complexity index is 820. The van der Waals surface area contributed by atoms with Gasteiger partial charge in [-0.1, -0.05) is 0 Å². The van der Waals surface area contributed by atoms with Crippen LogP contribution < -0.4 is 10.6 Å². The summed E-state index contributed by atoms with van der Waals surface area (Å²) in [5, 5.41) is 5.54. The number of carbonyl (C=O) groups is 2. The molecular weight excluding hydrogens is 312 g/mol. The topological polar surface area (TPSA) is 71.3 Å². The molecule has 0 fully saturated rings. The van der Waals surface area contributed by atoms with Gasteiger partial charge in [0.15, 0.2) is 5.76 Å². The quantitative estimate of drug-likeness (QED) is 0.756. The van der Waals surface area contributed by atoms with Gasteiger partial charge in [-0.05, 0) is 55.5 Å². The van der Waals surface area contributed by atoms with Gasteiger partial charge in [-0.2, -0.15) is 0 Å². The van der Waals surface area contributed by atoms with Crippen molar-refractivity contribution in [3.63, 3.8) is 0 Å². The number of amides is 2. The van der Waals surface area contributed by atoms with Gasteiger partial charge in [0.25, 0.3) is 11.8 Å². The van der Waals surface area contributed by atoms with Crippen molar-refractivity contribution in [2.24, 2.45) is 0 Å². The molecule has 0 radical (unpaired) electrons. The molecule has 0 unspecified atom stereocenters. The molecule has 116 valence electrons. The molecule has 2 amide bonds. The third-order valence-electron chi connectivity index (χ3n) is 3.11. The molecule has 0 saturated heterocycles. The van der Waals surface area contributed by atoms with Gasteiger partial charge in [0, 0.05) is 16.3 Å². The van der Waals surface area contributed by atoms with Crippen LogP contribution in [0.3, 0.4) is 0 Å². The predicted molar refractivity (Wildman–Crippen MR) is 90.1 cm³/mol. The van der Waals surface area contributed by atoms with E-state index < -0.39 is 0 Å². The van der Waals surface area contributed by atoms with Crippen molar-refractivity contribution in [1.82, 2.24) is 0 Å².